The Morgan fingerprint density at radius 2 is 1.96 bits per heavy atom. The lowest BCUT2D eigenvalue weighted by Crippen LogP contribution is -2.49. The van der Waals surface area contributed by atoms with Crippen molar-refractivity contribution in [3.05, 3.63) is 40.0 Å². The molecule has 0 N–H and O–H groups in total. The van der Waals surface area contributed by atoms with Crippen LogP contribution in [0.15, 0.2) is 18.6 Å². The lowest BCUT2D eigenvalue weighted by Gasteiger charge is -2.34. The molecule has 3 heterocycles. The van der Waals surface area contributed by atoms with E-state index in [2.05, 4.69) is 15.1 Å². The summed E-state index contributed by atoms with van der Waals surface area (Å²) in [6.45, 7) is 5.31. The van der Waals surface area contributed by atoms with Crippen molar-refractivity contribution in [3.8, 4) is 0 Å². The molecule has 1 amide bonds. The van der Waals surface area contributed by atoms with Gasteiger partial charge < -0.3 is 4.90 Å². The fourth-order valence-corrected chi connectivity index (χ4v) is 2.97. The molecule has 3 rings (SSSR count). The number of aryl methyl sites for hydroxylation is 1. The second-order valence-corrected chi connectivity index (χ2v) is 6.21. The van der Waals surface area contributed by atoms with Gasteiger partial charge in [0.25, 0.3) is 0 Å². The molecular formula is C15H21N7O3. The quantitative estimate of drug-likeness (QED) is 0.565. The highest BCUT2D eigenvalue weighted by Gasteiger charge is 2.24. The van der Waals surface area contributed by atoms with E-state index >= 15 is 0 Å². The maximum absolute atomic E-state index is 12.4. The Balaban J connectivity index is 1.52. The van der Waals surface area contributed by atoms with E-state index < -0.39 is 4.92 Å². The fourth-order valence-electron chi connectivity index (χ4n) is 2.97. The van der Waals surface area contributed by atoms with Gasteiger partial charge in [0.05, 0.1) is 11.1 Å². The first-order valence-corrected chi connectivity index (χ1v) is 8.08. The van der Waals surface area contributed by atoms with E-state index in [4.69, 9.17) is 0 Å². The van der Waals surface area contributed by atoms with Crippen LogP contribution in [0, 0.1) is 17.0 Å². The zero-order valence-electron chi connectivity index (χ0n) is 14.3. The van der Waals surface area contributed by atoms with Crippen LogP contribution in [0.1, 0.15) is 11.3 Å². The van der Waals surface area contributed by atoms with Crippen LogP contribution >= 0.6 is 0 Å². The third kappa shape index (κ3) is 3.85. The number of carbonyl (C=O) groups is 1. The van der Waals surface area contributed by atoms with Gasteiger partial charge in [-0.15, -0.1) is 0 Å². The van der Waals surface area contributed by atoms with Crippen molar-refractivity contribution < 1.29 is 9.72 Å². The van der Waals surface area contributed by atoms with Gasteiger partial charge in [0.15, 0.2) is 0 Å². The predicted octanol–water partition coefficient (Wildman–Crippen LogP) is 0.178. The number of nitro groups is 1. The van der Waals surface area contributed by atoms with Crippen LogP contribution in [0.2, 0.25) is 0 Å². The molecule has 0 atom stereocenters. The molecule has 0 unspecified atom stereocenters. The average Bonchev–Trinajstić information content (AvgIpc) is 3.14. The molecule has 0 spiro atoms. The van der Waals surface area contributed by atoms with E-state index in [1.165, 1.54) is 10.9 Å². The van der Waals surface area contributed by atoms with Crippen LogP contribution in [0.25, 0.3) is 0 Å². The van der Waals surface area contributed by atoms with Gasteiger partial charge in [-0.05, 0) is 6.92 Å². The molecule has 0 aliphatic carbocycles. The minimum atomic E-state index is -0.486. The van der Waals surface area contributed by atoms with E-state index in [0.717, 1.165) is 25.2 Å². The molecule has 134 valence electrons. The number of nitrogens with zero attached hydrogens (tertiary/aromatic N) is 7. The lowest BCUT2D eigenvalue weighted by molar-refractivity contribution is -0.385. The van der Waals surface area contributed by atoms with Crippen LogP contribution in [-0.2, 0) is 24.9 Å². The number of rotatable bonds is 5. The standard InChI is InChI=1S/C15H21N7O3/c1-12-14(22(24)25)8-17-21(12)11-15(23)20-5-3-19(4-6-20)10-13-7-16-18(2)9-13/h7-9H,3-6,10-11H2,1-2H3. The molecule has 0 radical (unpaired) electrons. The maximum atomic E-state index is 12.4. The summed E-state index contributed by atoms with van der Waals surface area (Å²) in [6.07, 6.45) is 5.03. The van der Waals surface area contributed by atoms with Gasteiger partial charge in [-0.1, -0.05) is 0 Å². The third-order valence-electron chi connectivity index (χ3n) is 4.45. The first-order chi connectivity index (χ1) is 11.9. The van der Waals surface area contributed by atoms with Gasteiger partial charge in [-0.25, -0.2) is 0 Å². The van der Waals surface area contributed by atoms with Gasteiger partial charge in [0.1, 0.15) is 18.4 Å². The van der Waals surface area contributed by atoms with Crippen LogP contribution in [-0.4, -0.2) is 66.4 Å². The molecular weight excluding hydrogens is 326 g/mol. The molecule has 25 heavy (non-hydrogen) atoms. The molecule has 1 saturated heterocycles. The van der Waals surface area contributed by atoms with E-state index in [9.17, 15) is 14.9 Å². The minimum absolute atomic E-state index is 0.0300. The van der Waals surface area contributed by atoms with Crippen molar-refractivity contribution in [2.45, 2.75) is 20.0 Å². The molecule has 2 aromatic rings. The summed E-state index contributed by atoms with van der Waals surface area (Å²) in [7, 11) is 1.89. The van der Waals surface area contributed by atoms with Crippen molar-refractivity contribution in [2.24, 2.45) is 7.05 Å². The summed E-state index contributed by atoms with van der Waals surface area (Å²) in [6, 6.07) is 0. The Bertz CT molecular complexity index is 774. The van der Waals surface area contributed by atoms with Crippen LogP contribution in [0.5, 0.6) is 0 Å². The second-order valence-electron chi connectivity index (χ2n) is 6.21. The largest absolute Gasteiger partial charge is 0.339 e. The van der Waals surface area contributed by atoms with Crippen molar-refractivity contribution >= 4 is 11.6 Å². The molecule has 2 aromatic heterocycles. The molecule has 1 aliphatic heterocycles. The highest BCUT2D eigenvalue weighted by Crippen LogP contribution is 2.16. The highest BCUT2D eigenvalue weighted by atomic mass is 16.6. The van der Waals surface area contributed by atoms with Crippen molar-refractivity contribution in [3.63, 3.8) is 0 Å². The van der Waals surface area contributed by atoms with E-state index in [1.54, 1.807) is 16.5 Å². The van der Waals surface area contributed by atoms with Crippen molar-refractivity contribution in [1.82, 2.24) is 29.4 Å². The summed E-state index contributed by atoms with van der Waals surface area (Å²) in [4.78, 5) is 26.9. The Kier molecular flexibility index (Phi) is 4.79. The molecule has 0 bridgehead atoms. The number of carbonyl (C=O) groups excluding carboxylic acids is 1. The van der Waals surface area contributed by atoms with Crippen molar-refractivity contribution in [1.29, 1.82) is 0 Å². The Hall–Kier alpha value is -2.75. The molecule has 10 heteroatoms. The fraction of sp³-hybridized carbons (Fsp3) is 0.533. The number of hydrogen-bond donors (Lipinski definition) is 0. The van der Waals surface area contributed by atoms with Gasteiger partial charge in [0.2, 0.25) is 5.91 Å². The number of amides is 1. The van der Waals surface area contributed by atoms with Gasteiger partial charge in [-0.2, -0.15) is 10.2 Å². The Morgan fingerprint density at radius 3 is 2.52 bits per heavy atom. The average molecular weight is 347 g/mol. The van der Waals surface area contributed by atoms with E-state index in [0.29, 0.717) is 18.8 Å². The van der Waals surface area contributed by atoms with Gasteiger partial charge >= 0.3 is 5.69 Å². The normalized spacial score (nSPS) is 15.5. The molecule has 0 saturated carbocycles. The summed E-state index contributed by atoms with van der Waals surface area (Å²) in [5.41, 5.74) is 1.49. The Labute approximate surface area is 144 Å². The van der Waals surface area contributed by atoms with E-state index in [-0.39, 0.29) is 18.1 Å². The molecule has 1 aliphatic rings. The number of aromatic nitrogens is 4. The number of hydrogen-bond acceptors (Lipinski definition) is 6. The second kappa shape index (κ2) is 7.01. The number of piperazine rings is 1. The maximum Gasteiger partial charge on any atom is 0.309 e. The first kappa shape index (κ1) is 17.1. The summed E-state index contributed by atoms with van der Waals surface area (Å²) >= 11 is 0. The van der Waals surface area contributed by atoms with Gasteiger partial charge in [0, 0.05) is 51.5 Å². The summed E-state index contributed by atoms with van der Waals surface area (Å²) in [5, 5.41) is 19.0. The van der Waals surface area contributed by atoms with Gasteiger partial charge in [-0.3, -0.25) is 29.2 Å². The van der Waals surface area contributed by atoms with Crippen molar-refractivity contribution in [2.75, 3.05) is 26.2 Å². The summed E-state index contributed by atoms with van der Waals surface area (Å²) in [5.74, 6) is -0.0675. The SMILES string of the molecule is Cc1c([N+](=O)[O-])cnn1CC(=O)N1CCN(Cc2cnn(C)c2)CC1. The third-order valence-corrected chi connectivity index (χ3v) is 4.45. The summed E-state index contributed by atoms with van der Waals surface area (Å²) < 4.78 is 3.17. The zero-order valence-corrected chi connectivity index (χ0v) is 14.3. The first-order valence-electron chi connectivity index (χ1n) is 8.08. The lowest BCUT2D eigenvalue weighted by atomic mass is 10.2. The zero-order chi connectivity index (χ0) is 18.0. The molecule has 10 nitrogen and oxygen atoms in total. The molecule has 0 aromatic carbocycles. The smallest absolute Gasteiger partial charge is 0.309 e. The topological polar surface area (TPSA) is 102 Å². The molecule has 1 fully saturated rings. The van der Waals surface area contributed by atoms with Crippen LogP contribution < -0.4 is 0 Å². The monoisotopic (exact) mass is 347 g/mol. The van der Waals surface area contributed by atoms with Crippen LogP contribution in [0.3, 0.4) is 0 Å². The van der Waals surface area contributed by atoms with Crippen LogP contribution in [0.4, 0.5) is 5.69 Å². The predicted molar refractivity (Wildman–Crippen MR) is 88.7 cm³/mol. The Morgan fingerprint density at radius 1 is 1.24 bits per heavy atom. The van der Waals surface area contributed by atoms with E-state index in [1.807, 2.05) is 19.4 Å². The highest BCUT2D eigenvalue weighted by molar-refractivity contribution is 5.76. The minimum Gasteiger partial charge on any atom is -0.339 e.